The third-order valence-corrected chi connectivity index (χ3v) is 6.94. The number of methoxy groups -OCH3 is 1. The lowest BCUT2D eigenvalue weighted by Gasteiger charge is -2.28. The van der Waals surface area contributed by atoms with E-state index in [1.807, 2.05) is 56.0 Å². The molecule has 5 nitrogen and oxygen atoms in total. The van der Waals surface area contributed by atoms with Crippen LogP contribution in [0.2, 0.25) is 0 Å². The third-order valence-electron chi connectivity index (χ3n) is 6.94. The average Bonchev–Trinajstić information content (AvgIpc) is 3.34. The van der Waals surface area contributed by atoms with Gasteiger partial charge in [0.25, 0.3) is 0 Å². The first-order valence-electron chi connectivity index (χ1n) is 12.4. The zero-order valence-electron chi connectivity index (χ0n) is 21.3. The minimum absolute atomic E-state index is 0.0183. The molecule has 1 aliphatic heterocycles. The topological polar surface area (TPSA) is 51.9 Å². The van der Waals surface area contributed by atoms with Crippen molar-refractivity contribution < 1.29 is 18.7 Å². The summed E-state index contributed by atoms with van der Waals surface area (Å²) in [4.78, 5) is 15.2. The molecule has 2 heterocycles. The Balaban J connectivity index is 1.53. The highest BCUT2D eigenvalue weighted by Gasteiger charge is 2.22. The molecule has 0 saturated carbocycles. The molecule has 0 saturated heterocycles. The van der Waals surface area contributed by atoms with Gasteiger partial charge >= 0.3 is 0 Å². The molecule has 0 bridgehead atoms. The van der Waals surface area contributed by atoms with Crippen molar-refractivity contribution in [3.63, 3.8) is 0 Å². The second-order valence-electron chi connectivity index (χ2n) is 9.17. The van der Waals surface area contributed by atoms with E-state index in [1.54, 1.807) is 19.4 Å². The Hall–Kier alpha value is -3.99. The van der Waals surface area contributed by atoms with Crippen molar-refractivity contribution >= 4 is 22.4 Å². The van der Waals surface area contributed by atoms with Gasteiger partial charge in [-0.2, -0.15) is 0 Å². The molecule has 0 unspecified atom stereocenters. The standard InChI is InChI=1S/C31H31NO4/c1-5-35-30-21(3)31-27(28(19-36-31)23-10-12-25(34-4)13-11-23)17-26(30)20(2)16-29(33)32-15-14-22-8-6-7-9-24(22)18-32/h6-13,16-17,19H,5,14-15,18H2,1-4H3/b20-16+. The number of carbonyl (C=O) groups excluding carboxylic acids is 1. The fraction of sp³-hybridized carbons (Fsp3) is 0.258. The molecule has 1 aliphatic rings. The molecule has 1 aromatic heterocycles. The van der Waals surface area contributed by atoms with Crippen LogP contribution < -0.4 is 9.47 Å². The van der Waals surface area contributed by atoms with Gasteiger partial charge in [-0.1, -0.05) is 36.4 Å². The lowest BCUT2D eigenvalue weighted by Crippen LogP contribution is -2.34. The number of fused-ring (bicyclic) bond motifs is 2. The number of hydrogen-bond donors (Lipinski definition) is 0. The van der Waals surface area contributed by atoms with Crippen LogP contribution in [0, 0.1) is 6.92 Å². The van der Waals surface area contributed by atoms with Crippen LogP contribution >= 0.6 is 0 Å². The first-order chi connectivity index (χ1) is 17.5. The highest BCUT2D eigenvalue weighted by atomic mass is 16.5. The molecule has 0 atom stereocenters. The molecular formula is C31H31NO4. The molecule has 0 fully saturated rings. The van der Waals surface area contributed by atoms with Crippen molar-refractivity contribution in [3.05, 3.63) is 89.2 Å². The predicted octanol–water partition coefficient (Wildman–Crippen LogP) is 6.80. The van der Waals surface area contributed by atoms with Gasteiger partial charge in [-0.05, 0) is 67.7 Å². The molecule has 0 aliphatic carbocycles. The smallest absolute Gasteiger partial charge is 0.247 e. The van der Waals surface area contributed by atoms with Crippen molar-refractivity contribution in [2.45, 2.75) is 33.7 Å². The number of allylic oxidation sites excluding steroid dienone is 1. The maximum Gasteiger partial charge on any atom is 0.247 e. The molecule has 5 rings (SSSR count). The maximum absolute atomic E-state index is 13.3. The van der Waals surface area contributed by atoms with E-state index in [4.69, 9.17) is 13.9 Å². The molecule has 4 aromatic rings. The highest BCUT2D eigenvalue weighted by Crippen LogP contribution is 2.41. The van der Waals surface area contributed by atoms with Gasteiger partial charge in [0.15, 0.2) is 0 Å². The first-order valence-corrected chi connectivity index (χ1v) is 12.4. The first kappa shape index (κ1) is 23.7. The van der Waals surface area contributed by atoms with Gasteiger partial charge in [0, 0.05) is 41.2 Å². The summed E-state index contributed by atoms with van der Waals surface area (Å²) in [6.07, 6.45) is 4.41. The summed E-state index contributed by atoms with van der Waals surface area (Å²) in [5, 5.41) is 0.989. The van der Waals surface area contributed by atoms with Crippen molar-refractivity contribution in [1.29, 1.82) is 0 Å². The fourth-order valence-corrected chi connectivity index (χ4v) is 4.97. The van der Waals surface area contributed by atoms with Crippen molar-refractivity contribution in [3.8, 4) is 22.6 Å². The van der Waals surface area contributed by atoms with E-state index in [9.17, 15) is 4.79 Å². The van der Waals surface area contributed by atoms with Crippen LogP contribution in [0.15, 0.2) is 71.4 Å². The summed E-state index contributed by atoms with van der Waals surface area (Å²) in [7, 11) is 1.66. The second kappa shape index (κ2) is 9.94. The van der Waals surface area contributed by atoms with E-state index >= 15 is 0 Å². The average molecular weight is 482 g/mol. The Morgan fingerprint density at radius 3 is 2.58 bits per heavy atom. The van der Waals surface area contributed by atoms with Crippen LogP contribution in [0.4, 0.5) is 0 Å². The number of nitrogens with zero attached hydrogens (tertiary/aromatic N) is 1. The van der Waals surface area contributed by atoms with Crippen LogP contribution in [0.5, 0.6) is 11.5 Å². The van der Waals surface area contributed by atoms with Gasteiger partial charge < -0.3 is 18.8 Å². The van der Waals surface area contributed by atoms with E-state index in [1.165, 1.54) is 11.1 Å². The Bertz CT molecular complexity index is 1450. The summed E-state index contributed by atoms with van der Waals surface area (Å²) in [5.41, 5.74) is 8.07. The van der Waals surface area contributed by atoms with E-state index in [2.05, 4.69) is 24.3 Å². The summed E-state index contributed by atoms with van der Waals surface area (Å²) < 4.78 is 17.4. The summed E-state index contributed by atoms with van der Waals surface area (Å²) >= 11 is 0. The zero-order chi connectivity index (χ0) is 25.2. The van der Waals surface area contributed by atoms with Crippen LogP contribution in [-0.4, -0.2) is 31.1 Å². The van der Waals surface area contributed by atoms with Crippen molar-refractivity contribution in [2.24, 2.45) is 0 Å². The van der Waals surface area contributed by atoms with Gasteiger partial charge in [0.1, 0.15) is 17.1 Å². The fourth-order valence-electron chi connectivity index (χ4n) is 4.97. The molecule has 0 spiro atoms. The Morgan fingerprint density at radius 1 is 1.11 bits per heavy atom. The van der Waals surface area contributed by atoms with Gasteiger partial charge in [0.2, 0.25) is 5.91 Å². The Morgan fingerprint density at radius 2 is 1.86 bits per heavy atom. The normalized spacial score (nSPS) is 13.6. The molecular weight excluding hydrogens is 450 g/mol. The quantitative estimate of drug-likeness (QED) is 0.284. The molecule has 5 heteroatoms. The van der Waals surface area contributed by atoms with Crippen LogP contribution in [0.25, 0.3) is 27.7 Å². The monoisotopic (exact) mass is 481 g/mol. The molecule has 36 heavy (non-hydrogen) atoms. The molecule has 0 N–H and O–H groups in total. The van der Waals surface area contributed by atoms with Crippen LogP contribution in [0.3, 0.4) is 0 Å². The molecule has 1 amide bonds. The zero-order valence-corrected chi connectivity index (χ0v) is 21.3. The number of ether oxygens (including phenoxy) is 2. The largest absolute Gasteiger partial charge is 0.497 e. The Kier molecular flexibility index (Phi) is 6.55. The lowest BCUT2D eigenvalue weighted by atomic mass is 9.96. The number of amides is 1. The number of benzene rings is 3. The van der Waals surface area contributed by atoms with Crippen LogP contribution in [-0.2, 0) is 17.8 Å². The number of aryl methyl sites for hydroxylation is 1. The molecule has 0 radical (unpaired) electrons. The van der Waals surface area contributed by atoms with Gasteiger partial charge in [0.05, 0.1) is 20.0 Å². The number of furan rings is 1. The van der Waals surface area contributed by atoms with E-state index in [0.29, 0.717) is 13.2 Å². The SMILES string of the molecule is CCOc1c(/C(C)=C/C(=O)N2CCc3ccccc3C2)cc2c(-c3ccc(OC)cc3)coc2c1C. The highest BCUT2D eigenvalue weighted by molar-refractivity contribution is 6.01. The molecule has 3 aromatic carbocycles. The van der Waals surface area contributed by atoms with Gasteiger partial charge in [-0.15, -0.1) is 0 Å². The maximum atomic E-state index is 13.3. The summed E-state index contributed by atoms with van der Waals surface area (Å²) in [5.74, 6) is 1.58. The van der Waals surface area contributed by atoms with E-state index in [0.717, 1.165) is 63.3 Å². The van der Waals surface area contributed by atoms with Crippen LogP contribution in [0.1, 0.15) is 36.1 Å². The molecule has 184 valence electrons. The van der Waals surface area contributed by atoms with Gasteiger partial charge in [-0.25, -0.2) is 0 Å². The van der Waals surface area contributed by atoms with Crippen molar-refractivity contribution in [2.75, 3.05) is 20.3 Å². The van der Waals surface area contributed by atoms with Crippen molar-refractivity contribution in [1.82, 2.24) is 4.90 Å². The number of rotatable bonds is 6. The summed E-state index contributed by atoms with van der Waals surface area (Å²) in [6.45, 7) is 7.84. The number of hydrogen-bond acceptors (Lipinski definition) is 4. The predicted molar refractivity (Wildman–Crippen MR) is 143 cm³/mol. The second-order valence-corrected chi connectivity index (χ2v) is 9.17. The lowest BCUT2D eigenvalue weighted by molar-refractivity contribution is -0.126. The van der Waals surface area contributed by atoms with E-state index < -0.39 is 0 Å². The summed E-state index contributed by atoms with van der Waals surface area (Å²) in [6, 6.07) is 18.4. The third kappa shape index (κ3) is 4.37. The Labute approximate surface area is 211 Å². The minimum Gasteiger partial charge on any atom is -0.497 e. The number of carbonyl (C=O) groups is 1. The van der Waals surface area contributed by atoms with Gasteiger partial charge in [-0.3, -0.25) is 4.79 Å². The van der Waals surface area contributed by atoms with E-state index in [-0.39, 0.29) is 5.91 Å². The minimum atomic E-state index is 0.0183.